The highest BCUT2D eigenvalue weighted by molar-refractivity contribution is 7.92. The fraction of sp³-hybridized carbons (Fsp3) is 0.222. The summed E-state index contributed by atoms with van der Waals surface area (Å²) >= 11 is 6.14. The lowest BCUT2D eigenvalue weighted by Gasteiger charge is -2.12. The minimum atomic E-state index is -3.77. The zero-order valence-corrected chi connectivity index (χ0v) is 16.3. The number of nitrogens with one attached hydrogen (secondary N) is 1. The van der Waals surface area contributed by atoms with Crippen LogP contribution in [0, 0.1) is 20.8 Å². The zero-order valence-electron chi connectivity index (χ0n) is 14.7. The van der Waals surface area contributed by atoms with Gasteiger partial charge in [-0.1, -0.05) is 47.5 Å². The van der Waals surface area contributed by atoms with Gasteiger partial charge in [-0.15, -0.1) is 5.10 Å². The first-order valence-electron chi connectivity index (χ1n) is 8.00. The fourth-order valence-electron chi connectivity index (χ4n) is 2.98. The monoisotopic (exact) mass is 390 g/mol. The molecule has 1 heterocycles. The van der Waals surface area contributed by atoms with E-state index in [-0.39, 0.29) is 10.8 Å². The van der Waals surface area contributed by atoms with Crippen LogP contribution in [-0.4, -0.2) is 23.2 Å². The van der Waals surface area contributed by atoms with Gasteiger partial charge in [0.1, 0.15) is 6.33 Å². The van der Waals surface area contributed by atoms with Gasteiger partial charge in [0.15, 0.2) is 0 Å². The highest BCUT2D eigenvalue weighted by Gasteiger charge is 2.21. The molecule has 1 aromatic heterocycles. The van der Waals surface area contributed by atoms with Gasteiger partial charge in [-0.05, 0) is 43.5 Å². The first kappa shape index (κ1) is 18.4. The molecular weight excluding hydrogens is 372 g/mol. The third-order valence-electron chi connectivity index (χ3n) is 3.93. The van der Waals surface area contributed by atoms with Crippen LogP contribution in [0.1, 0.15) is 22.3 Å². The summed E-state index contributed by atoms with van der Waals surface area (Å²) in [6.07, 6.45) is 1.47. The maximum atomic E-state index is 12.8. The highest BCUT2D eigenvalue weighted by Crippen LogP contribution is 2.23. The van der Waals surface area contributed by atoms with Crippen LogP contribution in [-0.2, 0) is 16.6 Å². The zero-order chi connectivity index (χ0) is 18.9. The molecule has 0 fully saturated rings. The van der Waals surface area contributed by atoms with E-state index in [1.54, 1.807) is 19.9 Å². The SMILES string of the molecule is Cc1cc(C)c(S(=O)(=O)Nc2ncn(Cc3ccccc3Cl)n2)c(C)c1. The Morgan fingerprint density at radius 1 is 1.12 bits per heavy atom. The molecule has 26 heavy (non-hydrogen) atoms. The van der Waals surface area contributed by atoms with Crippen molar-refractivity contribution in [1.82, 2.24) is 14.8 Å². The van der Waals surface area contributed by atoms with E-state index in [0.29, 0.717) is 22.7 Å². The van der Waals surface area contributed by atoms with Gasteiger partial charge in [0.2, 0.25) is 0 Å². The third kappa shape index (κ3) is 3.89. The molecule has 1 N–H and O–H groups in total. The summed E-state index contributed by atoms with van der Waals surface area (Å²) in [6.45, 7) is 5.88. The molecule has 2 aromatic carbocycles. The number of aromatic nitrogens is 3. The summed E-state index contributed by atoms with van der Waals surface area (Å²) < 4.78 is 29.5. The number of anilines is 1. The summed E-state index contributed by atoms with van der Waals surface area (Å²) in [5.41, 5.74) is 3.26. The summed E-state index contributed by atoms with van der Waals surface area (Å²) in [4.78, 5) is 4.30. The fourth-order valence-corrected chi connectivity index (χ4v) is 4.58. The Morgan fingerprint density at radius 2 is 1.77 bits per heavy atom. The van der Waals surface area contributed by atoms with Gasteiger partial charge >= 0.3 is 0 Å². The lowest BCUT2D eigenvalue weighted by atomic mass is 10.1. The third-order valence-corrected chi connectivity index (χ3v) is 5.93. The standard InChI is InChI=1S/C18H19ClN4O2S/c1-12-8-13(2)17(14(3)9-12)26(24,25)22-18-20-11-23(21-18)10-15-6-4-5-7-16(15)19/h4-9,11H,10H2,1-3H3,(H,21,22). The Labute approximate surface area is 157 Å². The molecule has 3 aromatic rings. The van der Waals surface area contributed by atoms with E-state index >= 15 is 0 Å². The molecule has 0 spiro atoms. The van der Waals surface area contributed by atoms with Gasteiger partial charge < -0.3 is 0 Å². The van der Waals surface area contributed by atoms with E-state index in [1.807, 2.05) is 37.3 Å². The van der Waals surface area contributed by atoms with Crippen LogP contribution >= 0.6 is 11.6 Å². The minimum absolute atomic E-state index is 0.0245. The molecular formula is C18H19ClN4O2S. The molecule has 0 bridgehead atoms. The largest absolute Gasteiger partial charge is 0.264 e. The van der Waals surface area contributed by atoms with Crippen LogP contribution in [0.5, 0.6) is 0 Å². The van der Waals surface area contributed by atoms with Gasteiger partial charge in [0, 0.05) is 5.02 Å². The molecule has 136 valence electrons. The Kier molecular flexibility index (Phi) is 5.02. The predicted octanol–water partition coefficient (Wildman–Crippen LogP) is 3.71. The van der Waals surface area contributed by atoms with Crippen LogP contribution in [0.4, 0.5) is 5.95 Å². The van der Waals surface area contributed by atoms with Crippen molar-refractivity contribution >= 4 is 27.6 Å². The van der Waals surface area contributed by atoms with Crippen molar-refractivity contribution in [3.05, 3.63) is 70.0 Å². The number of nitrogens with zero attached hydrogens (tertiary/aromatic N) is 3. The minimum Gasteiger partial charge on any atom is -0.246 e. The van der Waals surface area contributed by atoms with Crippen molar-refractivity contribution in [2.24, 2.45) is 0 Å². The predicted molar refractivity (Wildman–Crippen MR) is 102 cm³/mol. The molecule has 8 heteroatoms. The maximum Gasteiger partial charge on any atom is 0.264 e. The molecule has 0 saturated carbocycles. The van der Waals surface area contributed by atoms with E-state index < -0.39 is 10.0 Å². The summed E-state index contributed by atoms with van der Waals surface area (Å²) in [5.74, 6) is 0.0245. The van der Waals surface area contributed by atoms with Gasteiger partial charge in [-0.25, -0.2) is 17.8 Å². The number of benzene rings is 2. The molecule has 3 rings (SSSR count). The smallest absolute Gasteiger partial charge is 0.246 e. The second kappa shape index (κ2) is 7.09. The molecule has 0 aliphatic heterocycles. The number of aryl methyl sites for hydroxylation is 3. The van der Waals surface area contributed by atoms with Crippen LogP contribution < -0.4 is 4.72 Å². The highest BCUT2D eigenvalue weighted by atomic mass is 35.5. The molecule has 6 nitrogen and oxygen atoms in total. The second-order valence-electron chi connectivity index (χ2n) is 6.19. The number of rotatable bonds is 5. The average Bonchev–Trinajstić information content (AvgIpc) is 2.94. The summed E-state index contributed by atoms with van der Waals surface area (Å²) in [5, 5.41) is 4.81. The van der Waals surface area contributed by atoms with Gasteiger partial charge in [0.25, 0.3) is 16.0 Å². The second-order valence-corrected chi connectivity index (χ2v) is 8.22. The molecule has 0 saturated heterocycles. The van der Waals surface area contributed by atoms with Crippen LogP contribution in [0.3, 0.4) is 0 Å². The number of hydrogen-bond donors (Lipinski definition) is 1. The van der Waals surface area contributed by atoms with E-state index in [2.05, 4.69) is 14.8 Å². The first-order chi connectivity index (χ1) is 12.3. The van der Waals surface area contributed by atoms with Crippen LogP contribution in [0.25, 0.3) is 0 Å². The Balaban J connectivity index is 1.84. The van der Waals surface area contributed by atoms with Crippen molar-refractivity contribution < 1.29 is 8.42 Å². The van der Waals surface area contributed by atoms with Crippen molar-refractivity contribution in [2.45, 2.75) is 32.2 Å². The van der Waals surface area contributed by atoms with Crippen molar-refractivity contribution in [2.75, 3.05) is 4.72 Å². The quantitative estimate of drug-likeness (QED) is 0.720. The van der Waals surface area contributed by atoms with E-state index in [9.17, 15) is 8.42 Å². The van der Waals surface area contributed by atoms with Crippen molar-refractivity contribution in [1.29, 1.82) is 0 Å². The Morgan fingerprint density at radius 3 is 2.42 bits per heavy atom. The van der Waals surface area contributed by atoms with Gasteiger partial charge in [-0.3, -0.25) is 0 Å². The molecule has 0 unspecified atom stereocenters. The van der Waals surface area contributed by atoms with Crippen molar-refractivity contribution in [3.8, 4) is 0 Å². The number of hydrogen-bond acceptors (Lipinski definition) is 4. The van der Waals surface area contributed by atoms with Crippen LogP contribution in [0.15, 0.2) is 47.6 Å². The Hall–Kier alpha value is -2.38. The van der Waals surface area contributed by atoms with E-state index in [1.165, 1.54) is 11.0 Å². The average molecular weight is 391 g/mol. The number of halogens is 1. The van der Waals surface area contributed by atoms with Gasteiger partial charge in [-0.2, -0.15) is 4.98 Å². The van der Waals surface area contributed by atoms with Crippen LogP contribution in [0.2, 0.25) is 5.02 Å². The lowest BCUT2D eigenvalue weighted by Crippen LogP contribution is -2.17. The summed E-state index contributed by atoms with van der Waals surface area (Å²) in [7, 11) is -3.77. The van der Waals surface area contributed by atoms with E-state index in [4.69, 9.17) is 11.6 Å². The maximum absolute atomic E-state index is 12.8. The molecule has 0 amide bonds. The molecule has 0 aliphatic rings. The normalized spacial score (nSPS) is 11.5. The first-order valence-corrected chi connectivity index (χ1v) is 9.86. The van der Waals surface area contributed by atoms with Crippen molar-refractivity contribution in [3.63, 3.8) is 0 Å². The topological polar surface area (TPSA) is 76.9 Å². The van der Waals surface area contributed by atoms with E-state index in [0.717, 1.165) is 11.1 Å². The number of sulfonamides is 1. The molecule has 0 radical (unpaired) electrons. The lowest BCUT2D eigenvalue weighted by molar-refractivity contribution is 0.599. The Bertz CT molecular complexity index is 1040. The molecule has 0 atom stereocenters. The summed E-state index contributed by atoms with van der Waals surface area (Å²) in [6, 6.07) is 11.1. The van der Waals surface area contributed by atoms with Gasteiger partial charge in [0.05, 0.1) is 11.4 Å². The molecule has 0 aliphatic carbocycles.